The van der Waals surface area contributed by atoms with E-state index in [0.717, 1.165) is 12.1 Å². The van der Waals surface area contributed by atoms with Gasteiger partial charge < -0.3 is 10.1 Å². The second kappa shape index (κ2) is 9.32. The molecule has 0 aliphatic heterocycles. The van der Waals surface area contributed by atoms with E-state index in [0.29, 0.717) is 15.6 Å². The van der Waals surface area contributed by atoms with Crippen molar-refractivity contribution < 1.29 is 22.7 Å². The maximum absolute atomic E-state index is 12.4. The molecule has 0 aliphatic carbocycles. The second-order valence-electron chi connectivity index (χ2n) is 6.13. The van der Waals surface area contributed by atoms with E-state index in [2.05, 4.69) is 5.32 Å². The molecule has 0 bridgehead atoms. The molecule has 2 aromatic rings. The van der Waals surface area contributed by atoms with Crippen molar-refractivity contribution in [1.29, 1.82) is 0 Å². The predicted octanol–water partition coefficient (Wildman–Crippen LogP) is 3.72. The van der Waals surface area contributed by atoms with Crippen LogP contribution >= 0.6 is 34.8 Å². The topological polar surface area (TPSA) is 116 Å². The fourth-order valence-corrected chi connectivity index (χ4v) is 3.68. The summed E-state index contributed by atoms with van der Waals surface area (Å²) in [6.45, 7) is 3.06. The SMILES string of the molecule is CC(OC(=O)c1cc(S(N)(=O)=O)ccc1Cl)C(=O)NC(C)c1ccc(Cl)cc1Cl. The average Bonchev–Trinajstić information content (AvgIpc) is 2.60. The van der Waals surface area contributed by atoms with Gasteiger partial charge in [-0.2, -0.15) is 0 Å². The number of nitrogens with one attached hydrogen (secondary N) is 1. The van der Waals surface area contributed by atoms with Gasteiger partial charge in [-0.05, 0) is 49.7 Å². The van der Waals surface area contributed by atoms with E-state index in [9.17, 15) is 18.0 Å². The molecular weight excluding hydrogens is 463 g/mol. The molecule has 2 rings (SSSR count). The summed E-state index contributed by atoms with van der Waals surface area (Å²) in [6.07, 6.45) is -1.19. The van der Waals surface area contributed by atoms with Crippen molar-refractivity contribution in [1.82, 2.24) is 5.32 Å². The number of hydrogen-bond donors (Lipinski definition) is 2. The Hall–Kier alpha value is -1.84. The van der Waals surface area contributed by atoms with Crippen LogP contribution in [0, 0.1) is 0 Å². The van der Waals surface area contributed by atoms with E-state index < -0.39 is 34.0 Å². The zero-order valence-electron chi connectivity index (χ0n) is 15.3. The number of ether oxygens (including phenoxy) is 1. The summed E-state index contributed by atoms with van der Waals surface area (Å²) in [6, 6.07) is 7.71. The molecule has 2 unspecified atom stereocenters. The lowest BCUT2D eigenvalue weighted by molar-refractivity contribution is -0.129. The second-order valence-corrected chi connectivity index (χ2v) is 8.94. The molecule has 0 radical (unpaired) electrons. The molecule has 11 heteroatoms. The number of carbonyl (C=O) groups is 2. The summed E-state index contributed by atoms with van der Waals surface area (Å²) in [5, 5.41) is 8.51. The van der Waals surface area contributed by atoms with Crippen LogP contribution in [0.2, 0.25) is 15.1 Å². The Morgan fingerprint density at radius 2 is 1.69 bits per heavy atom. The summed E-state index contributed by atoms with van der Waals surface area (Å²) < 4.78 is 28.0. The minimum atomic E-state index is -4.04. The minimum Gasteiger partial charge on any atom is -0.449 e. The molecule has 0 saturated heterocycles. The first-order chi connectivity index (χ1) is 13.4. The largest absolute Gasteiger partial charge is 0.449 e. The quantitative estimate of drug-likeness (QED) is 0.613. The third-order valence-electron chi connectivity index (χ3n) is 3.93. The van der Waals surface area contributed by atoms with Crippen LogP contribution in [-0.4, -0.2) is 26.4 Å². The van der Waals surface area contributed by atoms with Crippen molar-refractivity contribution in [2.24, 2.45) is 5.14 Å². The molecule has 29 heavy (non-hydrogen) atoms. The molecule has 0 heterocycles. The highest BCUT2D eigenvalue weighted by Gasteiger charge is 2.24. The first kappa shape index (κ1) is 23.4. The number of nitrogens with two attached hydrogens (primary N) is 1. The Morgan fingerprint density at radius 3 is 2.28 bits per heavy atom. The summed E-state index contributed by atoms with van der Waals surface area (Å²) in [7, 11) is -4.04. The van der Waals surface area contributed by atoms with Gasteiger partial charge in [0.05, 0.1) is 21.5 Å². The van der Waals surface area contributed by atoms with Crippen LogP contribution < -0.4 is 10.5 Å². The first-order valence-corrected chi connectivity index (χ1v) is 10.9. The summed E-state index contributed by atoms with van der Waals surface area (Å²) in [5.41, 5.74) is 0.401. The predicted molar refractivity (Wildman–Crippen MR) is 111 cm³/mol. The maximum atomic E-state index is 12.4. The van der Waals surface area contributed by atoms with Crippen LogP contribution in [-0.2, 0) is 19.6 Å². The van der Waals surface area contributed by atoms with E-state index in [-0.39, 0.29) is 15.5 Å². The van der Waals surface area contributed by atoms with E-state index in [1.54, 1.807) is 25.1 Å². The Kier molecular flexibility index (Phi) is 7.53. The monoisotopic (exact) mass is 478 g/mol. The molecule has 2 atom stereocenters. The standard InChI is InChI=1S/C18H17Cl3N2O5S/c1-9(13-5-3-11(19)7-16(13)21)23-17(24)10(2)28-18(25)14-8-12(29(22,26)27)4-6-15(14)20/h3-10H,1-2H3,(H,23,24)(H2,22,26,27). The van der Waals surface area contributed by atoms with Crippen LogP contribution in [0.3, 0.4) is 0 Å². The van der Waals surface area contributed by atoms with Crippen molar-refractivity contribution in [3.63, 3.8) is 0 Å². The maximum Gasteiger partial charge on any atom is 0.340 e. The average molecular weight is 480 g/mol. The van der Waals surface area contributed by atoms with Gasteiger partial charge in [0, 0.05) is 10.0 Å². The van der Waals surface area contributed by atoms with Crippen molar-refractivity contribution >= 4 is 56.7 Å². The number of carbonyl (C=O) groups excluding carboxylic acids is 2. The summed E-state index contributed by atoms with van der Waals surface area (Å²) >= 11 is 17.9. The van der Waals surface area contributed by atoms with Crippen LogP contribution in [0.5, 0.6) is 0 Å². The van der Waals surface area contributed by atoms with Gasteiger partial charge in [-0.25, -0.2) is 18.4 Å². The number of hydrogen-bond acceptors (Lipinski definition) is 5. The van der Waals surface area contributed by atoms with Gasteiger partial charge in [0.2, 0.25) is 10.0 Å². The highest BCUT2D eigenvalue weighted by atomic mass is 35.5. The summed E-state index contributed by atoms with van der Waals surface area (Å²) in [4.78, 5) is 24.4. The first-order valence-electron chi connectivity index (χ1n) is 8.18. The molecule has 156 valence electrons. The van der Waals surface area contributed by atoms with Crippen LogP contribution in [0.25, 0.3) is 0 Å². The highest BCUT2D eigenvalue weighted by Crippen LogP contribution is 2.26. The summed E-state index contributed by atoms with van der Waals surface area (Å²) in [5.74, 6) is -1.56. The fourth-order valence-electron chi connectivity index (χ4n) is 2.38. The van der Waals surface area contributed by atoms with Gasteiger partial charge >= 0.3 is 5.97 Å². The van der Waals surface area contributed by atoms with Gasteiger partial charge in [-0.3, -0.25) is 4.79 Å². The van der Waals surface area contributed by atoms with Gasteiger partial charge in [0.15, 0.2) is 6.10 Å². The van der Waals surface area contributed by atoms with Crippen LogP contribution in [0.15, 0.2) is 41.3 Å². The molecule has 0 spiro atoms. The molecule has 1 amide bonds. The Bertz CT molecular complexity index is 1060. The van der Waals surface area contributed by atoms with Crippen LogP contribution in [0.4, 0.5) is 0 Å². The van der Waals surface area contributed by atoms with Crippen molar-refractivity contribution in [2.45, 2.75) is 30.9 Å². The number of primary sulfonamides is 1. The van der Waals surface area contributed by atoms with E-state index >= 15 is 0 Å². The lowest BCUT2D eigenvalue weighted by atomic mass is 10.1. The molecule has 0 aliphatic rings. The molecule has 7 nitrogen and oxygen atoms in total. The Labute approximate surface area is 183 Å². The van der Waals surface area contributed by atoms with E-state index in [1.807, 2.05) is 0 Å². The fraction of sp³-hybridized carbons (Fsp3) is 0.222. The zero-order valence-corrected chi connectivity index (χ0v) is 18.4. The minimum absolute atomic E-state index is 0.0451. The lowest BCUT2D eigenvalue weighted by Crippen LogP contribution is -2.37. The number of rotatable bonds is 6. The zero-order chi connectivity index (χ0) is 21.9. The van der Waals surface area contributed by atoms with Gasteiger partial charge in [0.25, 0.3) is 5.91 Å². The number of halogens is 3. The van der Waals surface area contributed by atoms with E-state index in [4.69, 9.17) is 44.7 Å². The van der Waals surface area contributed by atoms with Crippen molar-refractivity contribution in [3.8, 4) is 0 Å². The molecule has 2 aromatic carbocycles. The number of amides is 1. The third kappa shape index (κ3) is 6.07. The normalized spacial score (nSPS) is 13.4. The molecule has 3 N–H and O–H groups in total. The van der Waals surface area contributed by atoms with E-state index in [1.165, 1.54) is 13.0 Å². The number of benzene rings is 2. The van der Waals surface area contributed by atoms with Crippen LogP contribution in [0.1, 0.15) is 35.8 Å². The third-order valence-corrected chi connectivity index (χ3v) is 5.73. The van der Waals surface area contributed by atoms with Crippen molar-refractivity contribution in [3.05, 3.63) is 62.6 Å². The van der Waals surface area contributed by atoms with Gasteiger partial charge in [-0.15, -0.1) is 0 Å². The highest BCUT2D eigenvalue weighted by molar-refractivity contribution is 7.89. The van der Waals surface area contributed by atoms with Gasteiger partial charge in [0.1, 0.15) is 0 Å². The number of esters is 1. The molecule has 0 aromatic heterocycles. The Balaban J connectivity index is 2.10. The Morgan fingerprint density at radius 1 is 1.03 bits per heavy atom. The smallest absolute Gasteiger partial charge is 0.340 e. The molecule has 0 fully saturated rings. The molecular formula is C18H17Cl3N2O5S. The number of sulfonamides is 1. The van der Waals surface area contributed by atoms with Crippen molar-refractivity contribution in [2.75, 3.05) is 0 Å². The lowest BCUT2D eigenvalue weighted by Gasteiger charge is -2.19. The van der Waals surface area contributed by atoms with Gasteiger partial charge in [-0.1, -0.05) is 40.9 Å². The molecule has 0 saturated carbocycles.